The van der Waals surface area contributed by atoms with E-state index < -0.39 is 0 Å². The van der Waals surface area contributed by atoms with Crippen molar-refractivity contribution in [2.24, 2.45) is 0 Å². The van der Waals surface area contributed by atoms with E-state index in [0.717, 1.165) is 13.1 Å². The molecule has 0 bridgehead atoms. The van der Waals surface area contributed by atoms with Crippen LogP contribution < -0.4 is 5.32 Å². The van der Waals surface area contributed by atoms with Gasteiger partial charge >= 0.3 is 0 Å². The van der Waals surface area contributed by atoms with E-state index in [1.165, 1.54) is 32.6 Å². The van der Waals surface area contributed by atoms with Crippen LogP contribution in [-0.2, 0) is 0 Å². The summed E-state index contributed by atoms with van der Waals surface area (Å²) in [4.78, 5) is 5.02. The molecule has 1 heterocycles. The van der Waals surface area contributed by atoms with Crippen molar-refractivity contribution in [1.82, 2.24) is 15.1 Å². The van der Waals surface area contributed by atoms with Crippen molar-refractivity contribution in [1.29, 1.82) is 0 Å². The van der Waals surface area contributed by atoms with E-state index in [9.17, 15) is 0 Å². The van der Waals surface area contributed by atoms with E-state index in [1.54, 1.807) is 0 Å². The highest BCUT2D eigenvalue weighted by Gasteiger charge is 2.21. The maximum Gasteiger partial charge on any atom is 0.0252 e. The summed E-state index contributed by atoms with van der Waals surface area (Å²) in [5.41, 5.74) is 0.248. The van der Waals surface area contributed by atoms with E-state index in [1.807, 2.05) is 0 Å². The molecule has 3 nitrogen and oxygen atoms in total. The highest BCUT2D eigenvalue weighted by molar-refractivity contribution is 4.82. The maximum atomic E-state index is 3.55. The molecule has 3 heteroatoms. The Morgan fingerprint density at radius 3 is 2.53 bits per heavy atom. The fourth-order valence-corrected chi connectivity index (χ4v) is 2.35. The van der Waals surface area contributed by atoms with Crippen molar-refractivity contribution in [3.63, 3.8) is 0 Å². The van der Waals surface area contributed by atoms with Gasteiger partial charge in [0.25, 0.3) is 0 Å². The Balaban J connectivity index is 2.36. The van der Waals surface area contributed by atoms with Gasteiger partial charge in [-0.1, -0.05) is 6.92 Å². The molecule has 0 atom stereocenters. The molecule has 0 aromatic heterocycles. The first-order valence-electron chi connectivity index (χ1n) is 6.19. The molecule has 0 spiro atoms. The van der Waals surface area contributed by atoms with Gasteiger partial charge in [0.2, 0.25) is 0 Å². The van der Waals surface area contributed by atoms with Crippen LogP contribution in [0.2, 0.25) is 0 Å². The van der Waals surface area contributed by atoms with Gasteiger partial charge in [-0.25, -0.2) is 0 Å². The first-order chi connectivity index (χ1) is 7.03. The van der Waals surface area contributed by atoms with Gasteiger partial charge in [-0.05, 0) is 47.0 Å². The molecule has 15 heavy (non-hydrogen) atoms. The first-order valence-corrected chi connectivity index (χ1v) is 6.19. The highest BCUT2D eigenvalue weighted by Crippen LogP contribution is 2.08. The van der Waals surface area contributed by atoms with Crippen LogP contribution >= 0.6 is 0 Å². The Kier molecular flexibility index (Phi) is 5.03. The topological polar surface area (TPSA) is 18.5 Å². The second kappa shape index (κ2) is 5.83. The average Bonchev–Trinajstić information content (AvgIpc) is 2.30. The van der Waals surface area contributed by atoms with Crippen molar-refractivity contribution in [3.05, 3.63) is 0 Å². The van der Waals surface area contributed by atoms with Gasteiger partial charge in [0.1, 0.15) is 0 Å². The highest BCUT2D eigenvalue weighted by atomic mass is 15.2. The van der Waals surface area contributed by atoms with Gasteiger partial charge in [0.15, 0.2) is 0 Å². The Morgan fingerprint density at radius 1 is 1.13 bits per heavy atom. The van der Waals surface area contributed by atoms with E-state index >= 15 is 0 Å². The molecule has 90 valence electrons. The molecule has 1 aliphatic heterocycles. The average molecular weight is 213 g/mol. The Bertz CT molecular complexity index is 180. The van der Waals surface area contributed by atoms with Crippen LogP contribution in [0.15, 0.2) is 0 Å². The van der Waals surface area contributed by atoms with Crippen molar-refractivity contribution in [2.75, 3.05) is 46.3 Å². The lowest BCUT2D eigenvalue weighted by atomic mass is 10.0. The van der Waals surface area contributed by atoms with Gasteiger partial charge in [-0.2, -0.15) is 0 Å². The smallest absolute Gasteiger partial charge is 0.0252 e. The number of rotatable bonds is 4. The summed E-state index contributed by atoms with van der Waals surface area (Å²) in [5.74, 6) is 0. The summed E-state index contributed by atoms with van der Waals surface area (Å²) >= 11 is 0. The van der Waals surface area contributed by atoms with Crippen molar-refractivity contribution in [2.45, 2.75) is 32.7 Å². The van der Waals surface area contributed by atoms with Crippen molar-refractivity contribution >= 4 is 0 Å². The van der Waals surface area contributed by atoms with E-state index in [-0.39, 0.29) is 5.54 Å². The molecule has 1 aliphatic rings. The van der Waals surface area contributed by atoms with Crippen LogP contribution in [0.5, 0.6) is 0 Å². The first kappa shape index (κ1) is 12.9. The number of nitrogens with zero attached hydrogens (tertiary/aromatic N) is 2. The minimum Gasteiger partial charge on any atom is -0.311 e. The van der Waals surface area contributed by atoms with Crippen LogP contribution in [0.3, 0.4) is 0 Å². The quantitative estimate of drug-likeness (QED) is 0.752. The Morgan fingerprint density at radius 2 is 1.87 bits per heavy atom. The van der Waals surface area contributed by atoms with Crippen molar-refractivity contribution < 1.29 is 0 Å². The number of hydrogen-bond acceptors (Lipinski definition) is 3. The fourth-order valence-electron chi connectivity index (χ4n) is 2.35. The summed E-state index contributed by atoms with van der Waals surface area (Å²) in [6.07, 6.45) is 1.30. The summed E-state index contributed by atoms with van der Waals surface area (Å²) in [6, 6.07) is 0. The Labute approximate surface area is 94.8 Å². The molecule has 0 aliphatic carbocycles. The van der Waals surface area contributed by atoms with Crippen LogP contribution in [-0.4, -0.2) is 61.7 Å². The second-order valence-electron chi connectivity index (χ2n) is 5.35. The molecule has 1 fully saturated rings. The molecular formula is C12H27N3. The van der Waals surface area contributed by atoms with Crippen LogP contribution in [0.4, 0.5) is 0 Å². The van der Waals surface area contributed by atoms with Gasteiger partial charge < -0.3 is 15.1 Å². The second-order valence-corrected chi connectivity index (χ2v) is 5.35. The molecule has 1 saturated heterocycles. The fraction of sp³-hybridized carbons (Fsp3) is 1.00. The van der Waals surface area contributed by atoms with E-state index in [2.05, 4.69) is 42.9 Å². The molecule has 1 rings (SSSR count). The third-order valence-corrected chi connectivity index (χ3v) is 3.09. The number of hydrogen-bond donors (Lipinski definition) is 1. The third kappa shape index (κ3) is 4.96. The number of likely N-dealkylation sites (N-methyl/N-ethyl adjacent to an activating group) is 2. The van der Waals surface area contributed by atoms with E-state index in [4.69, 9.17) is 0 Å². The third-order valence-electron chi connectivity index (χ3n) is 3.09. The molecule has 1 N–H and O–H groups in total. The molecule has 0 saturated carbocycles. The lowest BCUT2D eigenvalue weighted by Gasteiger charge is -2.32. The lowest BCUT2D eigenvalue weighted by molar-refractivity contribution is 0.207. The zero-order valence-electron chi connectivity index (χ0n) is 10.8. The van der Waals surface area contributed by atoms with Crippen molar-refractivity contribution in [3.8, 4) is 0 Å². The predicted octanol–water partition coefficient (Wildman–Crippen LogP) is 1.01. The Hall–Kier alpha value is -0.120. The summed E-state index contributed by atoms with van der Waals surface area (Å²) in [5, 5.41) is 3.55. The molecule has 0 aromatic carbocycles. The minimum atomic E-state index is 0.248. The van der Waals surface area contributed by atoms with Gasteiger partial charge in [-0.3, -0.25) is 0 Å². The zero-order chi connectivity index (χ0) is 11.3. The monoisotopic (exact) mass is 213 g/mol. The minimum absolute atomic E-state index is 0.248. The van der Waals surface area contributed by atoms with E-state index in [0.29, 0.717) is 0 Å². The van der Waals surface area contributed by atoms with Gasteiger partial charge in [-0.15, -0.1) is 0 Å². The van der Waals surface area contributed by atoms with Crippen LogP contribution in [0.25, 0.3) is 0 Å². The standard InChI is InChI=1S/C12H27N3/c1-5-13-12(2,3)11-15-8-6-7-14(4)9-10-15/h13H,5-11H2,1-4H3. The normalized spacial score (nSPS) is 21.6. The molecule has 0 unspecified atom stereocenters. The predicted molar refractivity (Wildman–Crippen MR) is 66.3 cm³/mol. The number of nitrogens with one attached hydrogen (secondary N) is 1. The molecule has 0 amide bonds. The summed E-state index contributed by atoms with van der Waals surface area (Å²) in [6.45, 7) is 13.9. The van der Waals surface area contributed by atoms with Crippen LogP contribution in [0, 0.1) is 0 Å². The molecular weight excluding hydrogens is 186 g/mol. The maximum absolute atomic E-state index is 3.55. The summed E-state index contributed by atoms with van der Waals surface area (Å²) in [7, 11) is 2.22. The molecule has 0 radical (unpaired) electrons. The molecule has 0 aromatic rings. The largest absolute Gasteiger partial charge is 0.311 e. The zero-order valence-corrected chi connectivity index (χ0v) is 10.8. The van der Waals surface area contributed by atoms with Gasteiger partial charge in [0, 0.05) is 25.2 Å². The lowest BCUT2D eigenvalue weighted by Crippen LogP contribution is -2.49. The summed E-state index contributed by atoms with van der Waals surface area (Å²) < 4.78 is 0. The SMILES string of the molecule is CCNC(C)(C)CN1CCCN(C)CC1. The van der Waals surface area contributed by atoms with Crippen LogP contribution in [0.1, 0.15) is 27.2 Å². The van der Waals surface area contributed by atoms with Gasteiger partial charge in [0.05, 0.1) is 0 Å².